The lowest BCUT2D eigenvalue weighted by molar-refractivity contribution is 0.0721. The van der Waals surface area contributed by atoms with Crippen molar-refractivity contribution in [3.05, 3.63) is 24.3 Å². The summed E-state index contributed by atoms with van der Waals surface area (Å²) in [5.41, 5.74) is 1.50. The van der Waals surface area contributed by atoms with Crippen molar-refractivity contribution in [1.29, 1.82) is 0 Å². The van der Waals surface area contributed by atoms with Crippen LogP contribution in [-0.4, -0.2) is 36.9 Å². The van der Waals surface area contributed by atoms with E-state index in [0.717, 1.165) is 5.52 Å². The first-order valence-corrected chi connectivity index (χ1v) is 8.05. The highest BCUT2D eigenvalue weighted by Gasteiger charge is 2.18. The van der Waals surface area contributed by atoms with Crippen LogP contribution in [-0.2, 0) is 21.1 Å². The molecule has 0 aliphatic carbocycles. The van der Waals surface area contributed by atoms with Crippen molar-refractivity contribution in [2.45, 2.75) is 31.7 Å². The Bertz CT molecular complexity index is 674. The molecule has 1 aromatic heterocycles. The van der Waals surface area contributed by atoms with Crippen LogP contribution in [0.5, 0.6) is 0 Å². The van der Waals surface area contributed by atoms with E-state index in [2.05, 4.69) is 4.98 Å². The molecule has 0 unspecified atom stereocenters. The normalized spacial score (nSPS) is 12.4. The van der Waals surface area contributed by atoms with Crippen molar-refractivity contribution in [2.75, 3.05) is 12.9 Å². The molecule has 2 aromatic rings. The Hall–Kier alpha value is -1.40. The first kappa shape index (κ1) is 14.0. The first-order chi connectivity index (χ1) is 8.89. The van der Waals surface area contributed by atoms with Gasteiger partial charge in [-0.25, -0.2) is 13.4 Å². The summed E-state index contributed by atoms with van der Waals surface area (Å²) >= 11 is 0. The molecule has 0 bridgehead atoms. The lowest BCUT2D eigenvalue weighted by Gasteiger charge is -2.10. The van der Waals surface area contributed by atoms with E-state index < -0.39 is 9.84 Å². The second-order valence-corrected chi connectivity index (χ2v) is 6.64. The highest BCUT2D eigenvalue weighted by atomic mass is 32.2. The summed E-state index contributed by atoms with van der Waals surface area (Å²) < 4.78 is 30.8. The SMILES string of the molecule is CC(C)OCCn1c(S(C)(=O)=O)nc2ccccc21. The summed E-state index contributed by atoms with van der Waals surface area (Å²) in [4.78, 5) is 4.20. The monoisotopic (exact) mass is 282 g/mol. The zero-order valence-corrected chi connectivity index (χ0v) is 12.1. The van der Waals surface area contributed by atoms with Crippen LogP contribution in [0.1, 0.15) is 13.8 Å². The zero-order valence-electron chi connectivity index (χ0n) is 11.3. The van der Waals surface area contributed by atoms with Gasteiger partial charge in [-0.2, -0.15) is 0 Å². The molecule has 0 atom stereocenters. The number of aromatic nitrogens is 2. The van der Waals surface area contributed by atoms with Gasteiger partial charge in [-0.05, 0) is 26.0 Å². The minimum absolute atomic E-state index is 0.0982. The van der Waals surface area contributed by atoms with Gasteiger partial charge in [0.05, 0.1) is 23.7 Å². The third-order valence-electron chi connectivity index (χ3n) is 2.72. The van der Waals surface area contributed by atoms with E-state index in [1.165, 1.54) is 6.26 Å². The maximum Gasteiger partial charge on any atom is 0.228 e. The molecule has 0 N–H and O–H groups in total. The summed E-state index contributed by atoms with van der Waals surface area (Å²) in [7, 11) is -3.35. The third kappa shape index (κ3) is 3.13. The second-order valence-electron chi connectivity index (χ2n) is 4.73. The Morgan fingerprint density at radius 3 is 2.63 bits per heavy atom. The Labute approximate surface area is 113 Å². The minimum atomic E-state index is -3.35. The van der Waals surface area contributed by atoms with Crippen LogP contribution in [0, 0.1) is 0 Å². The van der Waals surface area contributed by atoms with Crippen LogP contribution < -0.4 is 0 Å². The summed E-state index contributed by atoms with van der Waals surface area (Å²) in [6.07, 6.45) is 1.30. The number of ether oxygens (including phenoxy) is 1. The standard InChI is InChI=1S/C13H18N2O3S/c1-10(2)18-9-8-15-12-7-5-4-6-11(12)14-13(15)19(3,16)17/h4-7,10H,8-9H2,1-3H3. The molecule has 0 radical (unpaired) electrons. The number of nitrogens with zero attached hydrogens (tertiary/aromatic N) is 2. The number of hydrogen-bond acceptors (Lipinski definition) is 4. The number of hydrogen-bond donors (Lipinski definition) is 0. The fraction of sp³-hybridized carbons (Fsp3) is 0.462. The van der Waals surface area contributed by atoms with Crippen LogP contribution in [0.15, 0.2) is 29.4 Å². The predicted octanol–water partition coefficient (Wildman–Crippen LogP) is 1.86. The van der Waals surface area contributed by atoms with Crippen molar-refractivity contribution in [1.82, 2.24) is 9.55 Å². The molecule has 0 aliphatic rings. The summed E-state index contributed by atoms with van der Waals surface area (Å²) in [5, 5.41) is 0.0982. The number of benzene rings is 1. The fourth-order valence-corrected chi connectivity index (χ4v) is 2.79. The van der Waals surface area contributed by atoms with Gasteiger partial charge in [-0.1, -0.05) is 12.1 Å². The van der Waals surface area contributed by atoms with Gasteiger partial charge in [-0.15, -0.1) is 0 Å². The molecule has 0 saturated carbocycles. The van der Waals surface area contributed by atoms with Gasteiger partial charge in [0.1, 0.15) is 0 Å². The maximum absolute atomic E-state index is 11.8. The van der Waals surface area contributed by atoms with Gasteiger partial charge >= 0.3 is 0 Å². The number of rotatable bonds is 5. The van der Waals surface area contributed by atoms with Crippen molar-refractivity contribution in [3.63, 3.8) is 0 Å². The molecule has 2 rings (SSSR count). The maximum atomic E-state index is 11.8. The van der Waals surface area contributed by atoms with E-state index in [4.69, 9.17) is 4.74 Å². The smallest absolute Gasteiger partial charge is 0.228 e. The van der Waals surface area contributed by atoms with Crippen LogP contribution in [0.25, 0.3) is 11.0 Å². The summed E-state index contributed by atoms with van der Waals surface area (Å²) in [5.74, 6) is 0. The third-order valence-corrected chi connectivity index (χ3v) is 3.69. The molecule has 104 valence electrons. The average molecular weight is 282 g/mol. The zero-order chi connectivity index (χ0) is 14.0. The van der Waals surface area contributed by atoms with Gasteiger partial charge in [0.25, 0.3) is 0 Å². The molecule has 0 aliphatic heterocycles. The Kier molecular flexibility index (Phi) is 3.91. The van der Waals surface area contributed by atoms with Crippen LogP contribution in [0.4, 0.5) is 0 Å². The highest BCUT2D eigenvalue weighted by molar-refractivity contribution is 7.90. The molecular weight excluding hydrogens is 264 g/mol. The van der Waals surface area contributed by atoms with Crippen molar-refractivity contribution in [3.8, 4) is 0 Å². The Balaban J connectivity index is 2.43. The van der Waals surface area contributed by atoms with E-state index in [1.807, 2.05) is 38.1 Å². The molecule has 1 heterocycles. The molecule has 5 nitrogen and oxygen atoms in total. The van der Waals surface area contributed by atoms with Gasteiger partial charge < -0.3 is 9.30 Å². The molecule has 0 spiro atoms. The average Bonchev–Trinajstić information content (AvgIpc) is 2.68. The molecule has 19 heavy (non-hydrogen) atoms. The van der Waals surface area contributed by atoms with Gasteiger partial charge in [-0.3, -0.25) is 0 Å². The largest absolute Gasteiger partial charge is 0.377 e. The molecular formula is C13H18N2O3S. The first-order valence-electron chi connectivity index (χ1n) is 6.16. The fourth-order valence-electron chi connectivity index (χ4n) is 1.93. The van der Waals surface area contributed by atoms with Crippen LogP contribution in [0.3, 0.4) is 0 Å². The lowest BCUT2D eigenvalue weighted by atomic mass is 10.3. The topological polar surface area (TPSA) is 61.2 Å². The van der Waals surface area contributed by atoms with E-state index in [1.54, 1.807) is 4.57 Å². The van der Waals surface area contributed by atoms with E-state index in [-0.39, 0.29) is 11.3 Å². The van der Waals surface area contributed by atoms with Crippen molar-refractivity contribution < 1.29 is 13.2 Å². The summed E-state index contributed by atoms with van der Waals surface area (Å²) in [6.45, 7) is 4.83. The number of sulfone groups is 1. The molecule has 0 fully saturated rings. The van der Waals surface area contributed by atoms with E-state index in [9.17, 15) is 8.42 Å². The number of imidazole rings is 1. The second kappa shape index (κ2) is 5.30. The van der Waals surface area contributed by atoms with Crippen LogP contribution in [0.2, 0.25) is 0 Å². The van der Waals surface area contributed by atoms with E-state index >= 15 is 0 Å². The molecule has 6 heteroatoms. The van der Waals surface area contributed by atoms with Crippen molar-refractivity contribution in [2.24, 2.45) is 0 Å². The number of para-hydroxylation sites is 2. The minimum Gasteiger partial charge on any atom is -0.377 e. The van der Waals surface area contributed by atoms with Crippen LogP contribution >= 0.6 is 0 Å². The van der Waals surface area contributed by atoms with Crippen molar-refractivity contribution >= 4 is 20.9 Å². The Morgan fingerprint density at radius 2 is 2.00 bits per heavy atom. The molecule has 1 aromatic carbocycles. The van der Waals surface area contributed by atoms with Gasteiger partial charge in [0, 0.05) is 12.8 Å². The summed E-state index contributed by atoms with van der Waals surface area (Å²) in [6, 6.07) is 7.39. The lowest BCUT2D eigenvalue weighted by Crippen LogP contribution is -2.15. The number of fused-ring (bicyclic) bond motifs is 1. The predicted molar refractivity (Wildman–Crippen MR) is 73.9 cm³/mol. The van der Waals surface area contributed by atoms with E-state index in [0.29, 0.717) is 18.7 Å². The molecule has 0 amide bonds. The Morgan fingerprint density at radius 1 is 1.32 bits per heavy atom. The van der Waals surface area contributed by atoms with Gasteiger partial charge in [0.15, 0.2) is 0 Å². The highest BCUT2D eigenvalue weighted by Crippen LogP contribution is 2.19. The molecule has 0 saturated heterocycles. The quantitative estimate of drug-likeness (QED) is 0.840. The van der Waals surface area contributed by atoms with Gasteiger partial charge in [0.2, 0.25) is 15.0 Å².